The molecule has 3 atom stereocenters. The number of H-pyrrole nitrogens is 1. The van der Waals surface area contributed by atoms with E-state index in [0.29, 0.717) is 43.0 Å². The third-order valence-electron chi connectivity index (χ3n) is 7.89. The molecular weight excluding hydrogens is 518 g/mol. The van der Waals surface area contributed by atoms with Gasteiger partial charge in [0.15, 0.2) is 5.82 Å². The molecule has 2 aliphatic heterocycles. The largest absolute Gasteiger partial charge is 0.390 e. The number of aliphatic hydroxyl groups excluding tert-OH is 1. The lowest BCUT2D eigenvalue weighted by molar-refractivity contribution is 0.129. The predicted octanol–water partition coefficient (Wildman–Crippen LogP) is 2.75. The van der Waals surface area contributed by atoms with Crippen LogP contribution >= 0.6 is 0 Å². The summed E-state index contributed by atoms with van der Waals surface area (Å²) in [6, 6.07) is 9.38. The van der Waals surface area contributed by atoms with Gasteiger partial charge in [0.1, 0.15) is 11.6 Å². The van der Waals surface area contributed by atoms with Crippen LogP contribution in [-0.4, -0.2) is 80.6 Å². The number of fused-ring (bicyclic) bond motifs is 1. The smallest absolute Gasteiger partial charge is 0.282 e. The summed E-state index contributed by atoms with van der Waals surface area (Å²) in [6.45, 7) is 4.46. The van der Waals surface area contributed by atoms with Crippen molar-refractivity contribution in [3.63, 3.8) is 0 Å². The summed E-state index contributed by atoms with van der Waals surface area (Å²) in [7, 11) is -1.64. The van der Waals surface area contributed by atoms with Crippen molar-refractivity contribution in [3.8, 4) is 6.07 Å². The molecule has 0 bridgehead atoms. The van der Waals surface area contributed by atoms with Crippen molar-refractivity contribution in [1.82, 2.24) is 28.8 Å². The number of hydrogen-bond acceptors (Lipinski definition) is 9. The minimum absolute atomic E-state index is 0.0622. The fourth-order valence-electron chi connectivity index (χ4n) is 5.66. The first-order chi connectivity index (χ1) is 18.8. The molecule has 39 heavy (non-hydrogen) atoms. The molecule has 3 aromatic rings. The van der Waals surface area contributed by atoms with Gasteiger partial charge in [-0.15, -0.1) is 0 Å². The van der Waals surface area contributed by atoms with Gasteiger partial charge in [-0.1, -0.05) is 13.8 Å². The van der Waals surface area contributed by atoms with E-state index in [0.717, 1.165) is 16.7 Å². The van der Waals surface area contributed by atoms with Crippen LogP contribution in [0.2, 0.25) is 0 Å². The van der Waals surface area contributed by atoms with Gasteiger partial charge >= 0.3 is 0 Å². The highest BCUT2D eigenvalue weighted by Gasteiger charge is 2.47. The Morgan fingerprint density at radius 2 is 1.92 bits per heavy atom. The first-order valence-electron chi connectivity index (χ1n) is 13.4. The molecule has 12 nitrogen and oxygen atoms in total. The molecule has 2 aliphatic rings. The van der Waals surface area contributed by atoms with Crippen LogP contribution in [0.25, 0.3) is 10.9 Å². The first kappa shape index (κ1) is 27.3. The van der Waals surface area contributed by atoms with Gasteiger partial charge in [-0.3, -0.25) is 10.1 Å². The van der Waals surface area contributed by atoms with Crippen LogP contribution in [0.1, 0.15) is 45.2 Å². The summed E-state index contributed by atoms with van der Waals surface area (Å²) in [5.74, 6) is 1.64. The molecular formula is C26H35N9O3S. The van der Waals surface area contributed by atoms with Crippen molar-refractivity contribution in [2.75, 3.05) is 30.4 Å². The van der Waals surface area contributed by atoms with Crippen LogP contribution in [-0.2, 0) is 16.8 Å². The van der Waals surface area contributed by atoms with Crippen LogP contribution in [0.3, 0.4) is 0 Å². The van der Waals surface area contributed by atoms with Gasteiger partial charge < -0.3 is 15.3 Å². The summed E-state index contributed by atoms with van der Waals surface area (Å²) in [5, 5.41) is 29.6. The van der Waals surface area contributed by atoms with Gasteiger partial charge in [-0.25, -0.2) is 4.98 Å². The van der Waals surface area contributed by atoms with E-state index >= 15 is 0 Å². The molecule has 0 radical (unpaired) electrons. The minimum Gasteiger partial charge on any atom is -0.390 e. The summed E-state index contributed by atoms with van der Waals surface area (Å²) in [4.78, 5) is 11.6. The normalized spacial score (nSPS) is 22.9. The second-order valence-electron chi connectivity index (χ2n) is 10.3. The Bertz CT molecular complexity index is 1450. The van der Waals surface area contributed by atoms with E-state index in [-0.39, 0.29) is 43.7 Å². The zero-order valence-corrected chi connectivity index (χ0v) is 23.3. The number of nitrogens with one attached hydrogen (secondary N) is 2. The van der Waals surface area contributed by atoms with Crippen LogP contribution in [0.4, 0.5) is 17.5 Å². The van der Waals surface area contributed by atoms with E-state index in [1.807, 2.05) is 39.1 Å². The average molecular weight is 554 g/mol. The Morgan fingerprint density at radius 3 is 2.54 bits per heavy atom. The van der Waals surface area contributed by atoms with Gasteiger partial charge in [0.05, 0.1) is 29.8 Å². The molecule has 3 N–H and O–H groups in total. The van der Waals surface area contributed by atoms with Gasteiger partial charge in [0.25, 0.3) is 10.2 Å². The molecule has 0 spiro atoms. The number of nitrogens with zero attached hydrogens (tertiary/aromatic N) is 7. The second kappa shape index (κ2) is 11.1. The Kier molecular flexibility index (Phi) is 7.73. The van der Waals surface area contributed by atoms with E-state index in [1.54, 1.807) is 16.6 Å². The summed E-state index contributed by atoms with van der Waals surface area (Å²) in [5.41, 5.74) is 1.37. The van der Waals surface area contributed by atoms with Gasteiger partial charge in [-0.05, 0) is 37.8 Å². The van der Waals surface area contributed by atoms with Crippen molar-refractivity contribution in [1.29, 1.82) is 5.26 Å². The molecule has 2 saturated heterocycles. The minimum atomic E-state index is -3.65. The maximum Gasteiger partial charge on any atom is 0.282 e. The SMILES string of the molecule is CC[C@@H]1C[C@@H](N(C)c2nc(Nc3cc(CO)[nH]n3)cc3ncccc23)C[C@H](CC)N1S(=O)(=O)N1CC(C#N)C1. The number of aromatic amines is 1. The van der Waals surface area contributed by atoms with Crippen molar-refractivity contribution >= 4 is 38.6 Å². The molecule has 0 aliphatic carbocycles. The molecule has 2 fully saturated rings. The molecule has 0 aromatic carbocycles. The van der Waals surface area contributed by atoms with Crippen LogP contribution in [0, 0.1) is 17.2 Å². The lowest BCUT2D eigenvalue weighted by Crippen LogP contribution is -2.62. The fraction of sp³-hybridized carbons (Fsp3) is 0.538. The van der Waals surface area contributed by atoms with Crippen LogP contribution in [0.15, 0.2) is 30.5 Å². The Morgan fingerprint density at radius 1 is 1.21 bits per heavy atom. The summed E-state index contributed by atoms with van der Waals surface area (Å²) >= 11 is 0. The van der Waals surface area contributed by atoms with Crippen LogP contribution in [0.5, 0.6) is 0 Å². The zero-order chi connectivity index (χ0) is 27.7. The van der Waals surface area contributed by atoms with E-state index in [4.69, 9.17) is 10.2 Å². The highest BCUT2D eigenvalue weighted by molar-refractivity contribution is 7.86. The molecule has 0 unspecified atom stereocenters. The number of aliphatic hydroxyl groups is 1. The number of rotatable bonds is 9. The van der Waals surface area contributed by atoms with Gasteiger partial charge in [0, 0.05) is 62.0 Å². The van der Waals surface area contributed by atoms with Gasteiger partial charge in [0.2, 0.25) is 0 Å². The monoisotopic (exact) mass is 553 g/mol. The number of anilines is 3. The zero-order valence-electron chi connectivity index (χ0n) is 22.4. The summed E-state index contributed by atoms with van der Waals surface area (Å²) in [6.07, 6.45) is 4.46. The third-order valence-corrected chi connectivity index (χ3v) is 9.97. The number of piperidine rings is 1. The van der Waals surface area contributed by atoms with E-state index < -0.39 is 10.2 Å². The molecule has 0 amide bonds. The second-order valence-corrected chi connectivity index (χ2v) is 12.1. The summed E-state index contributed by atoms with van der Waals surface area (Å²) < 4.78 is 30.4. The highest BCUT2D eigenvalue weighted by Crippen LogP contribution is 2.37. The number of pyridine rings is 2. The molecule has 3 aromatic heterocycles. The quantitative estimate of drug-likeness (QED) is 0.363. The number of aromatic nitrogens is 4. The van der Waals surface area contributed by atoms with Crippen molar-refractivity contribution in [3.05, 3.63) is 36.2 Å². The first-order valence-corrected chi connectivity index (χ1v) is 14.8. The van der Waals surface area contributed by atoms with E-state index in [9.17, 15) is 13.5 Å². The van der Waals surface area contributed by atoms with Crippen molar-refractivity contribution in [2.45, 2.75) is 64.3 Å². The molecule has 13 heteroatoms. The van der Waals surface area contributed by atoms with Crippen molar-refractivity contribution < 1.29 is 13.5 Å². The molecule has 5 heterocycles. The van der Waals surface area contributed by atoms with Crippen molar-refractivity contribution in [2.24, 2.45) is 5.92 Å². The highest BCUT2D eigenvalue weighted by atomic mass is 32.2. The average Bonchev–Trinajstić information content (AvgIpc) is 3.38. The molecule has 5 rings (SSSR count). The maximum atomic E-state index is 13.6. The maximum absolute atomic E-state index is 13.6. The lowest BCUT2D eigenvalue weighted by atomic mass is 9.90. The Balaban J connectivity index is 1.43. The predicted molar refractivity (Wildman–Crippen MR) is 148 cm³/mol. The van der Waals surface area contributed by atoms with Crippen LogP contribution < -0.4 is 10.2 Å². The lowest BCUT2D eigenvalue weighted by Gasteiger charge is -2.49. The Hall–Kier alpha value is -3.31. The number of hydrogen-bond donors (Lipinski definition) is 3. The van der Waals surface area contributed by atoms with E-state index in [2.05, 4.69) is 31.5 Å². The Labute approximate surface area is 228 Å². The fourth-order valence-corrected chi connectivity index (χ4v) is 7.89. The third kappa shape index (κ3) is 5.17. The molecule has 208 valence electrons. The standard InChI is InChI=1S/C26H35N9O3S/c1-4-19-10-21(11-20(5-2)35(19)39(37,38)34-14-17(13-27)15-34)33(3)26-22-7-6-8-28-23(22)12-24(30-26)29-25-9-18(16-36)31-32-25/h6-9,12,17,19-21,36H,4-5,10-11,14-16H2,1-3H3,(H2,29,30,31,32)/t19-,20+,21-. The van der Waals surface area contributed by atoms with Gasteiger partial charge in [-0.2, -0.15) is 27.4 Å². The number of nitriles is 1. The molecule has 0 saturated carbocycles. The topological polar surface area (TPSA) is 154 Å². The van der Waals surface area contributed by atoms with E-state index in [1.165, 1.54) is 4.31 Å².